The first-order chi connectivity index (χ1) is 14.2. The van der Waals surface area contributed by atoms with Gasteiger partial charge in [0.05, 0.1) is 24.2 Å². The van der Waals surface area contributed by atoms with Crippen LogP contribution in [0.25, 0.3) is 11.3 Å². The van der Waals surface area contributed by atoms with E-state index >= 15 is 0 Å². The van der Waals surface area contributed by atoms with E-state index in [0.717, 1.165) is 16.8 Å². The third-order valence-electron chi connectivity index (χ3n) is 5.54. The maximum atomic E-state index is 13.1. The van der Waals surface area contributed by atoms with Crippen molar-refractivity contribution in [2.24, 2.45) is 7.05 Å². The van der Waals surface area contributed by atoms with E-state index < -0.39 is 0 Å². The van der Waals surface area contributed by atoms with Crippen molar-refractivity contribution in [2.45, 2.75) is 12.5 Å². The van der Waals surface area contributed by atoms with E-state index in [1.54, 1.807) is 12.1 Å². The van der Waals surface area contributed by atoms with Gasteiger partial charge < -0.3 is 9.32 Å². The van der Waals surface area contributed by atoms with E-state index in [9.17, 15) is 4.79 Å². The second kappa shape index (κ2) is 7.09. The number of fused-ring (bicyclic) bond motifs is 1. The summed E-state index contributed by atoms with van der Waals surface area (Å²) in [6, 6.07) is 23.9. The molecule has 2 aromatic heterocycles. The Morgan fingerprint density at radius 2 is 1.72 bits per heavy atom. The zero-order chi connectivity index (χ0) is 19.8. The monoisotopic (exact) mass is 383 g/mol. The molecule has 0 saturated heterocycles. The van der Waals surface area contributed by atoms with E-state index in [2.05, 4.69) is 24.3 Å². The van der Waals surface area contributed by atoms with Crippen LogP contribution in [-0.2, 0) is 13.6 Å². The molecule has 5 rings (SSSR count). The van der Waals surface area contributed by atoms with Crippen LogP contribution in [-0.4, -0.2) is 27.1 Å². The van der Waals surface area contributed by atoms with Gasteiger partial charge in [0.25, 0.3) is 5.91 Å². The summed E-state index contributed by atoms with van der Waals surface area (Å²) in [5.41, 5.74) is 5.43. The van der Waals surface area contributed by atoms with E-state index in [-0.39, 0.29) is 11.8 Å². The first-order valence-electron chi connectivity index (χ1n) is 9.71. The average Bonchev–Trinajstić information content (AvgIpc) is 3.42. The summed E-state index contributed by atoms with van der Waals surface area (Å²) in [5, 5.41) is 4.85. The number of rotatable bonds is 3. The van der Waals surface area contributed by atoms with Gasteiger partial charge in [0.1, 0.15) is 0 Å². The highest BCUT2D eigenvalue weighted by molar-refractivity contribution is 5.92. The SMILES string of the molecule is Cn1nc(-c2ccccc2)c2c1[C@@H](c1ccccc1)CN(C(=O)c1ccco1)C2. The predicted molar refractivity (Wildman–Crippen MR) is 110 cm³/mol. The highest BCUT2D eigenvalue weighted by atomic mass is 16.3. The number of aryl methyl sites for hydroxylation is 1. The second-order valence-corrected chi connectivity index (χ2v) is 7.33. The van der Waals surface area contributed by atoms with Crippen molar-refractivity contribution >= 4 is 5.91 Å². The van der Waals surface area contributed by atoms with E-state index in [1.807, 2.05) is 53.0 Å². The van der Waals surface area contributed by atoms with E-state index in [1.165, 1.54) is 17.5 Å². The summed E-state index contributed by atoms with van der Waals surface area (Å²) >= 11 is 0. The Kier molecular flexibility index (Phi) is 4.28. The number of hydrogen-bond acceptors (Lipinski definition) is 3. The molecule has 5 heteroatoms. The molecule has 2 aromatic carbocycles. The highest BCUT2D eigenvalue weighted by Crippen LogP contribution is 2.38. The number of furan rings is 1. The third kappa shape index (κ3) is 3.05. The first-order valence-corrected chi connectivity index (χ1v) is 9.71. The molecule has 0 N–H and O–H groups in total. The van der Waals surface area contributed by atoms with Gasteiger partial charge in [-0.2, -0.15) is 5.10 Å². The summed E-state index contributed by atoms with van der Waals surface area (Å²) in [6.45, 7) is 1.10. The number of benzene rings is 2. The summed E-state index contributed by atoms with van der Waals surface area (Å²) in [6.07, 6.45) is 1.54. The van der Waals surface area contributed by atoms with Crippen molar-refractivity contribution < 1.29 is 9.21 Å². The lowest BCUT2D eigenvalue weighted by Crippen LogP contribution is -2.39. The molecule has 1 aliphatic rings. The maximum Gasteiger partial charge on any atom is 0.289 e. The van der Waals surface area contributed by atoms with Crippen molar-refractivity contribution in [1.82, 2.24) is 14.7 Å². The van der Waals surface area contributed by atoms with Gasteiger partial charge in [-0.3, -0.25) is 9.48 Å². The smallest absolute Gasteiger partial charge is 0.289 e. The average molecular weight is 383 g/mol. The molecule has 0 saturated carbocycles. The molecule has 0 unspecified atom stereocenters. The van der Waals surface area contributed by atoms with Crippen molar-refractivity contribution in [1.29, 1.82) is 0 Å². The molecular formula is C24H21N3O2. The van der Waals surface area contributed by atoms with Crippen LogP contribution < -0.4 is 0 Å². The van der Waals surface area contributed by atoms with E-state index in [4.69, 9.17) is 9.52 Å². The lowest BCUT2D eigenvalue weighted by atomic mass is 9.87. The van der Waals surface area contributed by atoms with Crippen molar-refractivity contribution in [3.05, 3.63) is 102 Å². The molecule has 1 aliphatic heterocycles. The van der Waals surface area contributed by atoms with Crippen LogP contribution in [0.2, 0.25) is 0 Å². The van der Waals surface area contributed by atoms with Crippen LogP contribution in [0.3, 0.4) is 0 Å². The molecule has 4 aromatic rings. The molecule has 1 amide bonds. The number of nitrogens with zero attached hydrogens (tertiary/aromatic N) is 3. The van der Waals surface area contributed by atoms with Crippen LogP contribution in [0.1, 0.15) is 33.3 Å². The molecule has 0 aliphatic carbocycles. The van der Waals surface area contributed by atoms with Gasteiger partial charge in [0.15, 0.2) is 5.76 Å². The van der Waals surface area contributed by atoms with E-state index in [0.29, 0.717) is 18.8 Å². The fourth-order valence-electron chi connectivity index (χ4n) is 4.22. The summed E-state index contributed by atoms with van der Waals surface area (Å²) in [5.74, 6) is 0.323. The van der Waals surface area contributed by atoms with Crippen molar-refractivity contribution in [3.8, 4) is 11.3 Å². The molecule has 1 atom stereocenters. The summed E-state index contributed by atoms with van der Waals surface area (Å²) in [7, 11) is 1.99. The largest absolute Gasteiger partial charge is 0.459 e. The standard InChI is InChI=1S/C24H21N3O2/c1-26-23-19(17-9-4-2-5-10-17)15-27(24(28)21-13-8-14-29-21)16-20(23)22(25-26)18-11-6-3-7-12-18/h2-14,19H,15-16H2,1H3/t19-/m1/s1. The Morgan fingerprint density at radius 1 is 1.00 bits per heavy atom. The molecule has 0 spiro atoms. The normalized spacial score (nSPS) is 15.9. The molecule has 144 valence electrons. The minimum absolute atomic E-state index is 0.0498. The van der Waals surface area contributed by atoms with Crippen LogP contribution in [0, 0.1) is 0 Å². The number of carbonyl (C=O) groups excluding carboxylic acids is 1. The highest BCUT2D eigenvalue weighted by Gasteiger charge is 2.35. The Morgan fingerprint density at radius 3 is 2.41 bits per heavy atom. The quantitative estimate of drug-likeness (QED) is 0.525. The van der Waals surface area contributed by atoms with Gasteiger partial charge in [-0.1, -0.05) is 60.7 Å². The number of carbonyl (C=O) groups is 1. The molecule has 29 heavy (non-hydrogen) atoms. The lowest BCUT2D eigenvalue weighted by Gasteiger charge is -2.33. The van der Waals surface area contributed by atoms with Crippen molar-refractivity contribution in [3.63, 3.8) is 0 Å². The van der Waals surface area contributed by atoms with Crippen molar-refractivity contribution in [2.75, 3.05) is 6.54 Å². The van der Waals surface area contributed by atoms with Gasteiger partial charge >= 0.3 is 0 Å². The van der Waals surface area contributed by atoms with Gasteiger partial charge in [-0.05, 0) is 17.7 Å². The Balaban J connectivity index is 1.65. The Labute approximate surface area is 169 Å². The summed E-state index contributed by atoms with van der Waals surface area (Å²) < 4.78 is 7.36. The van der Waals surface area contributed by atoms with Crippen LogP contribution in [0.5, 0.6) is 0 Å². The maximum absolute atomic E-state index is 13.1. The molecule has 3 heterocycles. The van der Waals surface area contributed by atoms with Gasteiger partial charge in [0, 0.05) is 30.6 Å². The fourth-order valence-corrected chi connectivity index (χ4v) is 4.22. The topological polar surface area (TPSA) is 51.3 Å². The van der Waals surface area contributed by atoms with Crippen LogP contribution >= 0.6 is 0 Å². The lowest BCUT2D eigenvalue weighted by molar-refractivity contribution is 0.0691. The number of hydrogen-bond donors (Lipinski definition) is 0. The second-order valence-electron chi connectivity index (χ2n) is 7.33. The van der Waals surface area contributed by atoms with Gasteiger partial charge in [-0.25, -0.2) is 0 Å². The minimum Gasteiger partial charge on any atom is -0.459 e. The third-order valence-corrected chi connectivity index (χ3v) is 5.54. The van der Waals surface area contributed by atoms with Crippen LogP contribution in [0.15, 0.2) is 83.5 Å². The minimum atomic E-state index is -0.0931. The molecule has 0 fully saturated rings. The Bertz CT molecular complexity index is 1130. The zero-order valence-corrected chi connectivity index (χ0v) is 16.2. The van der Waals surface area contributed by atoms with Gasteiger partial charge in [-0.15, -0.1) is 0 Å². The molecular weight excluding hydrogens is 362 g/mol. The molecule has 0 bridgehead atoms. The molecule has 0 radical (unpaired) electrons. The predicted octanol–water partition coefficient (Wildman–Crippen LogP) is 4.47. The summed E-state index contributed by atoms with van der Waals surface area (Å²) in [4.78, 5) is 15.0. The molecule has 5 nitrogen and oxygen atoms in total. The van der Waals surface area contributed by atoms with Crippen LogP contribution in [0.4, 0.5) is 0 Å². The zero-order valence-electron chi connectivity index (χ0n) is 16.2. The number of amides is 1. The first kappa shape index (κ1) is 17.5. The van der Waals surface area contributed by atoms with Gasteiger partial charge in [0.2, 0.25) is 0 Å². The Hall–Kier alpha value is -3.60. The fraction of sp³-hybridized carbons (Fsp3) is 0.167. The number of aromatic nitrogens is 2.